The molecular weight excluding hydrogens is 212 g/mol. The summed E-state index contributed by atoms with van der Waals surface area (Å²) in [7, 11) is 0. The molecule has 0 bridgehead atoms. The van der Waals surface area contributed by atoms with Gasteiger partial charge < -0.3 is 15.7 Å². The van der Waals surface area contributed by atoms with Gasteiger partial charge in [-0.25, -0.2) is 4.79 Å². The average Bonchev–Trinajstić information content (AvgIpc) is 2.69. The van der Waals surface area contributed by atoms with E-state index < -0.39 is 5.60 Å². The molecule has 84 valence electrons. The molecule has 0 radical (unpaired) electrons. The predicted octanol–water partition coefficient (Wildman–Crippen LogP) is 1.27. The molecule has 3 N–H and O–H groups in total. The highest BCUT2D eigenvalue weighted by molar-refractivity contribution is 7.10. The van der Waals surface area contributed by atoms with Crippen LogP contribution in [-0.2, 0) is 5.60 Å². The van der Waals surface area contributed by atoms with E-state index >= 15 is 0 Å². The van der Waals surface area contributed by atoms with E-state index in [2.05, 4.69) is 10.6 Å². The molecule has 2 amide bonds. The topological polar surface area (TPSA) is 61.4 Å². The maximum atomic E-state index is 11.1. The highest BCUT2D eigenvalue weighted by atomic mass is 32.1. The molecule has 1 heterocycles. The van der Waals surface area contributed by atoms with Crippen LogP contribution in [-0.4, -0.2) is 24.2 Å². The van der Waals surface area contributed by atoms with Crippen LogP contribution in [0.25, 0.3) is 0 Å². The van der Waals surface area contributed by atoms with Gasteiger partial charge in [0.2, 0.25) is 0 Å². The molecule has 1 atom stereocenters. The lowest BCUT2D eigenvalue weighted by molar-refractivity contribution is 0.0632. The van der Waals surface area contributed by atoms with Crippen LogP contribution in [0.3, 0.4) is 0 Å². The van der Waals surface area contributed by atoms with Crippen molar-refractivity contribution < 1.29 is 9.90 Å². The number of carbonyl (C=O) groups is 1. The van der Waals surface area contributed by atoms with Gasteiger partial charge in [0.05, 0.1) is 6.54 Å². The number of urea groups is 1. The summed E-state index contributed by atoms with van der Waals surface area (Å²) in [6.45, 7) is 4.31. The van der Waals surface area contributed by atoms with E-state index in [0.717, 1.165) is 4.88 Å². The van der Waals surface area contributed by atoms with Crippen LogP contribution in [0.1, 0.15) is 18.7 Å². The predicted molar refractivity (Wildman–Crippen MR) is 61.0 cm³/mol. The fourth-order valence-corrected chi connectivity index (χ4v) is 1.93. The second kappa shape index (κ2) is 5.14. The SMILES string of the molecule is CCNC(=O)NCC(C)(O)c1cccs1. The first-order chi connectivity index (χ1) is 7.06. The average molecular weight is 228 g/mol. The molecule has 0 aliphatic carbocycles. The minimum atomic E-state index is -1.00. The molecule has 4 nitrogen and oxygen atoms in total. The van der Waals surface area contributed by atoms with Crippen LogP contribution in [0.15, 0.2) is 17.5 Å². The number of aliphatic hydroxyl groups is 1. The summed E-state index contributed by atoms with van der Waals surface area (Å²) in [5.41, 5.74) is -1.00. The van der Waals surface area contributed by atoms with Crippen LogP contribution < -0.4 is 10.6 Å². The van der Waals surface area contributed by atoms with E-state index in [4.69, 9.17) is 0 Å². The molecule has 0 aliphatic heterocycles. The van der Waals surface area contributed by atoms with Crippen molar-refractivity contribution in [1.29, 1.82) is 0 Å². The lowest BCUT2D eigenvalue weighted by Crippen LogP contribution is -2.43. The number of hydrogen-bond donors (Lipinski definition) is 3. The Hall–Kier alpha value is -1.07. The van der Waals surface area contributed by atoms with Crippen LogP contribution in [0.4, 0.5) is 4.79 Å². The number of rotatable bonds is 4. The maximum Gasteiger partial charge on any atom is 0.314 e. The third kappa shape index (κ3) is 3.53. The van der Waals surface area contributed by atoms with E-state index in [9.17, 15) is 9.90 Å². The fourth-order valence-electron chi connectivity index (χ4n) is 1.15. The largest absolute Gasteiger partial charge is 0.383 e. The fraction of sp³-hybridized carbons (Fsp3) is 0.500. The molecule has 0 spiro atoms. The van der Waals surface area contributed by atoms with E-state index in [0.29, 0.717) is 6.54 Å². The number of amides is 2. The van der Waals surface area contributed by atoms with Crippen LogP contribution in [0.5, 0.6) is 0 Å². The van der Waals surface area contributed by atoms with Gasteiger partial charge in [0, 0.05) is 11.4 Å². The quantitative estimate of drug-likeness (QED) is 0.727. The summed E-state index contributed by atoms with van der Waals surface area (Å²) in [4.78, 5) is 12.0. The Labute approximate surface area is 93.3 Å². The Morgan fingerprint density at radius 1 is 1.60 bits per heavy atom. The summed E-state index contributed by atoms with van der Waals surface area (Å²) < 4.78 is 0. The van der Waals surface area contributed by atoms with E-state index in [1.54, 1.807) is 6.92 Å². The normalized spacial score (nSPS) is 14.3. The lowest BCUT2D eigenvalue weighted by Gasteiger charge is -2.22. The van der Waals surface area contributed by atoms with Crippen molar-refractivity contribution in [3.8, 4) is 0 Å². The first-order valence-electron chi connectivity index (χ1n) is 4.84. The minimum absolute atomic E-state index is 0.208. The van der Waals surface area contributed by atoms with Crippen molar-refractivity contribution >= 4 is 17.4 Å². The highest BCUT2D eigenvalue weighted by Crippen LogP contribution is 2.24. The summed E-state index contributed by atoms with van der Waals surface area (Å²) in [5, 5.41) is 17.2. The van der Waals surface area contributed by atoms with Crippen LogP contribution >= 0.6 is 11.3 Å². The molecule has 5 heteroatoms. The van der Waals surface area contributed by atoms with Gasteiger partial charge in [-0.15, -0.1) is 11.3 Å². The molecule has 15 heavy (non-hydrogen) atoms. The zero-order chi connectivity index (χ0) is 11.3. The summed E-state index contributed by atoms with van der Waals surface area (Å²) in [6.07, 6.45) is 0. The van der Waals surface area contributed by atoms with Crippen molar-refractivity contribution in [2.45, 2.75) is 19.4 Å². The maximum absolute atomic E-state index is 11.1. The Balaban J connectivity index is 2.47. The van der Waals surface area contributed by atoms with E-state index in [1.807, 2.05) is 24.4 Å². The van der Waals surface area contributed by atoms with Gasteiger partial charge in [0.15, 0.2) is 0 Å². The van der Waals surface area contributed by atoms with Gasteiger partial charge in [0.1, 0.15) is 5.60 Å². The molecule has 1 aromatic rings. The molecule has 0 fully saturated rings. The lowest BCUT2D eigenvalue weighted by atomic mass is 10.1. The second-order valence-corrected chi connectivity index (χ2v) is 4.41. The molecule has 0 aliphatic rings. The zero-order valence-corrected chi connectivity index (χ0v) is 9.73. The van der Waals surface area contributed by atoms with Gasteiger partial charge in [-0.1, -0.05) is 6.07 Å². The first-order valence-corrected chi connectivity index (χ1v) is 5.72. The second-order valence-electron chi connectivity index (χ2n) is 3.46. The van der Waals surface area contributed by atoms with Crippen molar-refractivity contribution in [2.75, 3.05) is 13.1 Å². The third-order valence-corrected chi connectivity index (χ3v) is 3.11. The van der Waals surface area contributed by atoms with Crippen molar-refractivity contribution in [2.24, 2.45) is 0 Å². The number of nitrogens with one attached hydrogen (secondary N) is 2. The molecule has 1 rings (SSSR count). The Morgan fingerprint density at radius 3 is 2.87 bits per heavy atom. The van der Waals surface area contributed by atoms with Crippen molar-refractivity contribution in [1.82, 2.24) is 10.6 Å². The van der Waals surface area contributed by atoms with Gasteiger partial charge in [-0.05, 0) is 25.3 Å². The molecule has 0 saturated carbocycles. The summed E-state index contributed by atoms with van der Waals surface area (Å²) in [6, 6.07) is 3.47. The minimum Gasteiger partial charge on any atom is -0.383 e. The Kier molecular flexibility index (Phi) is 4.11. The highest BCUT2D eigenvalue weighted by Gasteiger charge is 2.24. The standard InChI is InChI=1S/C10H16N2O2S/c1-3-11-9(13)12-7-10(2,14)8-5-4-6-15-8/h4-6,14H,3,7H2,1-2H3,(H2,11,12,13). The van der Waals surface area contributed by atoms with E-state index in [-0.39, 0.29) is 12.6 Å². The molecule has 1 unspecified atom stereocenters. The van der Waals surface area contributed by atoms with E-state index in [1.165, 1.54) is 11.3 Å². The number of thiophene rings is 1. The molecule has 0 aromatic carbocycles. The Bertz CT molecular complexity index is 309. The van der Waals surface area contributed by atoms with Crippen LogP contribution in [0, 0.1) is 0 Å². The third-order valence-electron chi connectivity index (χ3n) is 1.98. The number of hydrogen-bond acceptors (Lipinski definition) is 3. The zero-order valence-electron chi connectivity index (χ0n) is 8.91. The summed E-state index contributed by atoms with van der Waals surface area (Å²) in [5.74, 6) is 0. The smallest absolute Gasteiger partial charge is 0.314 e. The van der Waals surface area contributed by atoms with Crippen molar-refractivity contribution in [3.63, 3.8) is 0 Å². The first kappa shape index (κ1) is 12.0. The van der Waals surface area contributed by atoms with Gasteiger partial charge in [-0.3, -0.25) is 0 Å². The number of carbonyl (C=O) groups excluding carboxylic acids is 1. The molecule has 1 aromatic heterocycles. The monoisotopic (exact) mass is 228 g/mol. The van der Waals surface area contributed by atoms with Gasteiger partial charge in [0.25, 0.3) is 0 Å². The summed E-state index contributed by atoms with van der Waals surface area (Å²) >= 11 is 1.47. The van der Waals surface area contributed by atoms with Gasteiger partial charge in [-0.2, -0.15) is 0 Å². The Morgan fingerprint density at radius 2 is 2.33 bits per heavy atom. The van der Waals surface area contributed by atoms with Gasteiger partial charge >= 0.3 is 6.03 Å². The molecule has 0 saturated heterocycles. The van der Waals surface area contributed by atoms with Crippen molar-refractivity contribution in [3.05, 3.63) is 22.4 Å². The molecular formula is C10H16N2O2S. The van der Waals surface area contributed by atoms with Crippen LogP contribution in [0.2, 0.25) is 0 Å².